The molecule has 0 aliphatic heterocycles. The van der Waals surface area contributed by atoms with Crippen LogP contribution in [0.5, 0.6) is 0 Å². The average Bonchev–Trinajstić information content (AvgIpc) is 2.36. The third-order valence-electron chi connectivity index (χ3n) is 2.90. The maximum Gasteiger partial charge on any atom is 0.407 e. The largest absolute Gasteiger partial charge is 0.444 e. The highest BCUT2D eigenvalue weighted by Gasteiger charge is 2.15. The average molecular weight is 292 g/mol. The number of rotatable bonds is 6. The van der Waals surface area contributed by atoms with Gasteiger partial charge in [0.05, 0.1) is 0 Å². The highest BCUT2D eigenvalue weighted by Crippen LogP contribution is 2.18. The molecule has 2 N–H and O–H groups in total. The molecule has 4 heteroatoms. The zero-order valence-electron chi connectivity index (χ0n) is 13.8. The van der Waals surface area contributed by atoms with Gasteiger partial charge in [0, 0.05) is 18.8 Å². The SMILES string of the molecule is CC(C)c1cccc(NCCCNC(=O)OC(C)(C)C)c1. The molecule has 0 atom stereocenters. The van der Waals surface area contributed by atoms with Gasteiger partial charge in [-0.2, -0.15) is 0 Å². The van der Waals surface area contributed by atoms with Crippen molar-refractivity contribution >= 4 is 11.8 Å². The lowest BCUT2D eigenvalue weighted by Crippen LogP contribution is -2.33. The smallest absolute Gasteiger partial charge is 0.407 e. The first-order valence-corrected chi connectivity index (χ1v) is 7.58. The molecular weight excluding hydrogens is 264 g/mol. The summed E-state index contributed by atoms with van der Waals surface area (Å²) in [7, 11) is 0. The number of nitrogens with one attached hydrogen (secondary N) is 2. The summed E-state index contributed by atoms with van der Waals surface area (Å²) in [6.07, 6.45) is 0.495. The van der Waals surface area contributed by atoms with Crippen LogP contribution in [0.3, 0.4) is 0 Å². The molecule has 4 nitrogen and oxygen atoms in total. The number of alkyl carbamates (subject to hydrolysis) is 1. The van der Waals surface area contributed by atoms with Crippen LogP contribution in [0.4, 0.5) is 10.5 Å². The number of hydrogen-bond acceptors (Lipinski definition) is 3. The van der Waals surface area contributed by atoms with Crippen molar-refractivity contribution in [3.8, 4) is 0 Å². The Balaban J connectivity index is 2.23. The first-order chi connectivity index (χ1) is 9.78. The topological polar surface area (TPSA) is 50.4 Å². The van der Waals surface area contributed by atoms with Gasteiger partial charge in [-0.05, 0) is 50.8 Å². The Morgan fingerprint density at radius 3 is 2.57 bits per heavy atom. The number of ether oxygens (including phenoxy) is 1. The molecule has 0 aliphatic rings. The van der Waals surface area contributed by atoms with E-state index >= 15 is 0 Å². The summed E-state index contributed by atoms with van der Waals surface area (Å²) >= 11 is 0. The fourth-order valence-electron chi connectivity index (χ4n) is 1.83. The number of hydrogen-bond donors (Lipinski definition) is 2. The molecule has 0 heterocycles. The van der Waals surface area contributed by atoms with Crippen LogP contribution in [0.2, 0.25) is 0 Å². The van der Waals surface area contributed by atoms with E-state index in [-0.39, 0.29) is 6.09 Å². The summed E-state index contributed by atoms with van der Waals surface area (Å²) in [6, 6.07) is 8.44. The normalized spacial score (nSPS) is 11.3. The highest BCUT2D eigenvalue weighted by atomic mass is 16.6. The fraction of sp³-hybridized carbons (Fsp3) is 0.588. The lowest BCUT2D eigenvalue weighted by molar-refractivity contribution is 0.0528. The van der Waals surface area contributed by atoms with Gasteiger partial charge < -0.3 is 15.4 Å². The lowest BCUT2D eigenvalue weighted by Gasteiger charge is -2.19. The predicted octanol–water partition coefficient (Wildman–Crippen LogP) is 4.14. The first kappa shape index (κ1) is 17.3. The van der Waals surface area contributed by atoms with Crippen molar-refractivity contribution in [1.29, 1.82) is 0 Å². The molecule has 1 rings (SSSR count). The van der Waals surface area contributed by atoms with Crippen LogP contribution in [0, 0.1) is 0 Å². The molecule has 1 aromatic carbocycles. The van der Waals surface area contributed by atoms with Gasteiger partial charge in [0.1, 0.15) is 5.60 Å². The minimum atomic E-state index is -0.445. The van der Waals surface area contributed by atoms with Crippen LogP contribution >= 0.6 is 0 Å². The van der Waals surface area contributed by atoms with E-state index in [0.717, 1.165) is 18.7 Å². The Kier molecular flexibility index (Phi) is 6.53. The van der Waals surface area contributed by atoms with Gasteiger partial charge in [-0.3, -0.25) is 0 Å². The Morgan fingerprint density at radius 1 is 1.24 bits per heavy atom. The lowest BCUT2D eigenvalue weighted by atomic mass is 10.0. The molecule has 21 heavy (non-hydrogen) atoms. The van der Waals surface area contributed by atoms with Gasteiger partial charge >= 0.3 is 6.09 Å². The molecule has 0 aromatic heterocycles. The Morgan fingerprint density at radius 2 is 1.95 bits per heavy atom. The first-order valence-electron chi connectivity index (χ1n) is 7.58. The summed E-state index contributed by atoms with van der Waals surface area (Å²) in [6.45, 7) is 11.4. The van der Waals surface area contributed by atoms with Crippen LogP contribution in [0.25, 0.3) is 0 Å². The molecule has 1 amide bonds. The number of benzene rings is 1. The summed E-state index contributed by atoms with van der Waals surface area (Å²) in [5.41, 5.74) is 2.00. The van der Waals surface area contributed by atoms with Crippen molar-refractivity contribution in [1.82, 2.24) is 5.32 Å². The van der Waals surface area contributed by atoms with E-state index in [1.165, 1.54) is 5.56 Å². The van der Waals surface area contributed by atoms with E-state index in [0.29, 0.717) is 12.5 Å². The maximum absolute atomic E-state index is 11.5. The Hall–Kier alpha value is -1.71. The fourth-order valence-corrected chi connectivity index (χ4v) is 1.83. The summed E-state index contributed by atoms with van der Waals surface area (Å²) in [5.74, 6) is 0.528. The summed E-state index contributed by atoms with van der Waals surface area (Å²) in [5, 5.41) is 6.12. The standard InChI is InChI=1S/C17H28N2O2/c1-13(2)14-8-6-9-15(12-14)18-10-7-11-19-16(20)21-17(3,4)5/h6,8-9,12-13,18H,7,10-11H2,1-5H3,(H,19,20). The van der Waals surface area contributed by atoms with Crippen molar-refractivity contribution in [2.75, 3.05) is 18.4 Å². The van der Waals surface area contributed by atoms with Crippen LogP contribution in [0.1, 0.15) is 52.5 Å². The van der Waals surface area contributed by atoms with Gasteiger partial charge in [0.25, 0.3) is 0 Å². The Bertz CT molecular complexity index is 450. The molecule has 0 saturated carbocycles. The highest BCUT2D eigenvalue weighted by molar-refractivity contribution is 5.67. The van der Waals surface area contributed by atoms with Gasteiger partial charge in [-0.1, -0.05) is 26.0 Å². The molecule has 0 saturated heterocycles. The molecular formula is C17H28N2O2. The molecule has 0 spiro atoms. The van der Waals surface area contributed by atoms with Crippen molar-refractivity contribution < 1.29 is 9.53 Å². The van der Waals surface area contributed by atoms with E-state index in [4.69, 9.17) is 4.74 Å². The van der Waals surface area contributed by atoms with Gasteiger partial charge in [0.15, 0.2) is 0 Å². The number of carbonyl (C=O) groups is 1. The number of carbonyl (C=O) groups excluding carboxylic acids is 1. The molecule has 0 unspecified atom stereocenters. The molecule has 0 aliphatic carbocycles. The van der Waals surface area contributed by atoms with Crippen molar-refractivity contribution in [3.63, 3.8) is 0 Å². The maximum atomic E-state index is 11.5. The third-order valence-corrected chi connectivity index (χ3v) is 2.90. The van der Waals surface area contributed by atoms with Gasteiger partial charge in [-0.15, -0.1) is 0 Å². The van der Waals surface area contributed by atoms with Crippen molar-refractivity contribution in [2.45, 2.75) is 52.6 Å². The summed E-state index contributed by atoms with van der Waals surface area (Å²) < 4.78 is 5.17. The van der Waals surface area contributed by atoms with Crippen LogP contribution in [-0.2, 0) is 4.74 Å². The van der Waals surface area contributed by atoms with Crippen LogP contribution < -0.4 is 10.6 Å². The second-order valence-electron chi connectivity index (χ2n) is 6.49. The van der Waals surface area contributed by atoms with Crippen LogP contribution in [-0.4, -0.2) is 24.8 Å². The number of amides is 1. The minimum Gasteiger partial charge on any atom is -0.444 e. The van der Waals surface area contributed by atoms with Gasteiger partial charge in [-0.25, -0.2) is 4.79 Å². The molecule has 0 fully saturated rings. The number of anilines is 1. The van der Waals surface area contributed by atoms with E-state index in [1.54, 1.807) is 0 Å². The molecule has 0 bridgehead atoms. The molecule has 1 aromatic rings. The molecule has 0 radical (unpaired) electrons. The van der Waals surface area contributed by atoms with Crippen LogP contribution in [0.15, 0.2) is 24.3 Å². The van der Waals surface area contributed by atoms with Crippen molar-refractivity contribution in [2.24, 2.45) is 0 Å². The second-order valence-corrected chi connectivity index (χ2v) is 6.49. The quantitative estimate of drug-likeness (QED) is 0.775. The van der Waals surface area contributed by atoms with E-state index in [1.807, 2.05) is 20.8 Å². The van der Waals surface area contributed by atoms with Crippen molar-refractivity contribution in [3.05, 3.63) is 29.8 Å². The predicted molar refractivity (Wildman–Crippen MR) is 87.9 cm³/mol. The monoisotopic (exact) mass is 292 g/mol. The van der Waals surface area contributed by atoms with Gasteiger partial charge in [0.2, 0.25) is 0 Å². The Labute approximate surface area is 128 Å². The van der Waals surface area contributed by atoms with E-state index in [2.05, 4.69) is 48.7 Å². The van der Waals surface area contributed by atoms with E-state index < -0.39 is 5.60 Å². The second kappa shape index (κ2) is 7.91. The summed E-state index contributed by atoms with van der Waals surface area (Å²) in [4.78, 5) is 11.5. The third kappa shape index (κ3) is 7.59. The zero-order valence-corrected chi connectivity index (χ0v) is 13.8. The molecule has 118 valence electrons. The van der Waals surface area contributed by atoms with E-state index in [9.17, 15) is 4.79 Å². The minimum absolute atomic E-state index is 0.357. The zero-order chi connectivity index (χ0) is 15.9.